The smallest absolute Gasteiger partial charge is 0.255 e. The lowest BCUT2D eigenvalue weighted by Gasteiger charge is -2.34. The van der Waals surface area contributed by atoms with Gasteiger partial charge in [-0.25, -0.2) is 0 Å². The van der Waals surface area contributed by atoms with Gasteiger partial charge in [-0.1, -0.05) is 43.2 Å². The number of hydrogen-bond donors (Lipinski definition) is 3. The highest BCUT2D eigenvalue weighted by atomic mass is 16.2. The second-order valence-electron chi connectivity index (χ2n) is 9.28. The number of rotatable bonds is 6. The van der Waals surface area contributed by atoms with E-state index in [1.165, 1.54) is 18.4 Å². The fourth-order valence-electron chi connectivity index (χ4n) is 5.27. The van der Waals surface area contributed by atoms with Crippen molar-refractivity contribution in [3.05, 3.63) is 65.2 Å². The molecule has 172 valence electrons. The van der Waals surface area contributed by atoms with Gasteiger partial charge in [0.2, 0.25) is 11.8 Å². The van der Waals surface area contributed by atoms with Gasteiger partial charge in [0.05, 0.1) is 0 Å². The van der Waals surface area contributed by atoms with Crippen LogP contribution >= 0.6 is 0 Å². The summed E-state index contributed by atoms with van der Waals surface area (Å²) < 4.78 is 0. The van der Waals surface area contributed by atoms with Crippen molar-refractivity contribution in [2.24, 2.45) is 0 Å². The first-order chi connectivity index (χ1) is 16.1. The SMILES string of the molecule is O=C1CCC(N2Cc3cc(N[C@H]4CCCC[C@@H]4NCc4ccccc4)ccc3C2=O)C(=O)N1. The number of carbonyl (C=O) groups is 3. The molecular weight excluding hydrogens is 416 g/mol. The molecule has 0 aromatic heterocycles. The quantitative estimate of drug-likeness (QED) is 0.594. The maximum absolute atomic E-state index is 12.9. The van der Waals surface area contributed by atoms with Gasteiger partial charge in [-0.05, 0) is 48.6 Å². The Morgan fingerprint density at radius 2 is 1.73 bits per heavy atom. The van der Waals surface area contributed by atoms with Gasteiger partial charge in [-0.2, -0.15) is 0 Å². The van der Waals surface area contributed by atoms with Crippen molar-refractivity contribution in [2.45, 2.75) is 69.7 Å². The summed E-state index contributed by atoms with van der Waals surface area (Å²) in [6, 6.07) is 16.5. The Bertz CT molecular complexity index is 1050. The van der Waals surface area contributed by atoms with E-state index in [1.54, 1.807) is 4.90 Å². The van der Waals surface area contributed by atoms with Crippen LogP contribution in [0.25, 0.3) is 0 Å². The molecule has 0 radical (unpaired) electrons. The summed E-state index contributed by atoms with van der Waals surface area (Å²) in [6.07, 6.45) is 5.31. The molecule has 7 nitrogen and oxygen atoms in total. The number of amides is 3. The first-order valence-electron chi connectivity index (χ1n) is 11.9. The van der Waals surface area contributed by atoms with Crippen LogP contribution in [-0.4, -0.2) is 40.7 Å². The summed E-state index contributed by atoms with van der Waals surface area (Å²) in [6.45, 7) is 1.25. The minimum absolute atomic E-state index is 0.133. The monoisotopic (exact) mass is 446 g/mol. The highest BCUT2D eigenvalue weighted by Crippen LogP contribution is 2.31. The van der Waals surface area contributed by atoms with Crippen LogP contribution in [0.3, 0.4) is 0 Å². The summed E-state index contributed by atoms with van der Waals surface area (Å²) in [5.74, 6) is -0.777. The molecule has 2 aromatic carbocycles. The Balaban J connectivity index is 1.25. The van der Waals surface area contributed by atoms with Crippen LogP contribution in [0.2, 0.25) is 0 Å². The molecule has 3 N–H and O–H groups in total. The topological polar surface area (TPSA) is 90.5 Å². The largest absolute Gasteiger partial charge is 0.381 e. The molecule has 0 spiro atoms. The van der Waals surface area contributed by atoms with E-state index in [1.807, 2.05) is 24.3 Å². The fraction of sp³-hybridized carbons (Fsp3) is 0.423. The molecule has 1 saturated carbocycles. The summed E-state index contributed by atoms with van der Waals surface area (Å²) in [4.78, 5) is 38.3. The van der Waals surface area contributed by atoms with Crippen molar-refractivity contribution in [1.29, 1.82) is 0 Å². The molecule has 2 heterocycles. The molecule has 7 heteroatoms. The average Bonchev–Trinajstić information content (AvgIpc) is 3.14. The molecular formula is C26H30N4O3. The van der Waals surface area contributed by atoms with Gasteiger partial charge in [0.15, 0.2) is 0 Å². The van der Waals surface area contributed by atoms with E-state index in [-0.39, 0.29) is 24.1 Å². The second kappa shape index (κ2) is 9.35. The minimum atomic E-state index is -0.580. The number of nitrogens with one attached hydrogen (secondary N) is 3. The standard InChI is InChI=1S/C26H30N4O3/c31-24-13-12-23(25(32)29-24)30-16-18-14-19(10-11-20(18)26(30)33)28-22-9-5-4-8-21(22)27-15-17-6-2-1-3-7-17/h1-3,6-7,10-11,14,21-23,27-28H,4-5,8-9,12-13,15-16H2,(H,29,31,32)/t21-,22-,23?/m0/s1. The van der Waals surface area contributed by atoms with E-state index in [0.29, 0.717) is 30.6 Å². The number of benzene rings is 2. The Morgan fingerprint density at radius 1 is 0.939 bits per heavy atom. The molecule has 1 aliphatic carbocycles. The minimum Gasteiger partial charge on any atom is -0.381 e. The van der Waals surface area contributed by atoms with E-state index in [2.05, 4.69) is 40.2 Å². The van der Waals surface area contributed by atoms with Crippen molar-refractivity contribution >= 4 is 23.4 Å². The molecule has 1 unspecified atom stereocenters. The average molecular weight is 447 g/mol. The first-order valence-corrected chi connectivity index (χ1v) is 11.9. The summed E-state index contributed by atoms with van der Waals surface area (Å²) >= 11 is 0. The molecule has 2 aromatic rings. The Labute approximate surface area is 193 Å². The molecule has 0 bridgehead atoms. The Kier molecular flexibility index (Phi) is 6.13. The third kappa shape index (κ3) is 4.64. The molecule has 2 aliphatic heterocycles. The van der Waals surface area contributed by atoms with E-state index >= 15 is 0 Å². The number of hydrogen-bond acceptors (Lipinski definition) is 5. The number of imide groups is 1. The van der Waals surface area contributed by atoms with Gasteiger partial charge in [0.1, 0.15) is 6.04 Å². The molecule has 5 rings (SSSR count). The van der Waals surface area contributed by atoms with E-state index in [9.17, 15) is 14.4 Å². The highest BCUT2D eigenvalue weighted by molar-refractivity contribution is 6.05. The van der Waals surface area contributed by atoms with E-state index in [0.717, 1.165) is 30.6 Å². The number of piperidine rings is 1. The van der Waals surface area contributed by atoms with Gasteiger partial charge >= 0.3 is 0 Å². The van der Waals surface area contributed by atoms with Crippen molar-refractivity contribution in [3.8, 4) is 0 Å². The number of fused-ring (bicyclic) bond motifs is 1. The van der Waals surface area contributed by atoms with Crippen molar-refractivity contribution in [3.63, 3.8) is 0 Å². The van der Waals surface area contributed by atoms with Crippen LogP contribution in [0.1, 0.15) is 60.0 Å². The third-order valence-corrected chi connectivity index (χ3v) is 7.05. The summed E-state index contributed by atoms with van der Waals surface area (Å²) in [7, 11) is 0. The first kappa shape index (κ1) is 21.6. The van der Waals surface area contributed by atoms with E-state index in [4.69, 9.17) is 0 Å². The van der Waals surface area contributed by atoms with Crippen LogP contribution < -0.4 is 16.0 Å². The Morgan fingerprint density at radius 3 is 2.52 bits per heavy atom. The zero-order valence-corrected chi connectivity index (χ0v) is 18.7. The maximum atomic E-state index is 12.9. The normalized spacial score (nSPS) is 25.0. The van der Waals surface area contributed by atoms with Crippen molar-refractivity contribution in [1.82, 2.24) is 15.5 Å². The fourth-order valence-corrected chi connectivity index (χ4v) is 5.27. The Hall–Kier alpha value is -3.19. The van der Waals surface area contributed by atoms with Gasteiger partial charge < -0.3 is 15.5 Å². The van der Waals surface area contributed by atoms with Crippen molar-refractivity contribution in [2.75, 3.05) is 5.32 Å². The number of carbonyl (C=O) groups excluding carboxylic acids is 3. The predicted octanol–water partition coefficient (Wildman–Crippen LogP) is 2.96. The molecule has 3 atom stereocenters. The molecule has 1 saturated heterocycles. The molecule has 2 fully saturated rings. The molecule has 3 amide bonds. The van der Waals surface area contributed by atoms with Gasteiger partial charge in [-0.3, -0.25) is 19.7 Å². The summed E-state index contributed by atoms with van der Waals surface area (Å²) in [5.41, 5.74) is 3.86. The lowest BCUT2D eigenvalue weighted by Crippen LogP contribution is -2.52. The number of nitrogens with zero attached hydrogens (tertiary/aromatic N) is 1. The zero-order chi connectivity index (χ0) is 22.8. The molecule has 33 heavy (non-hydrogen) atoms. The van der Waals surface area contributed by atoms with Crippen molar-refractivity contribution < 1.29 is 14.4 Å². The maximum Gasteiger partial charge on any atom is 0.255 e. The van der Waals surface area contributed by atoms with E-state index < -0.39 is 6.04 Å². The third-order valence-electron chi connectivity index (χ3n) is 7.05. The van der Waals surface area contributed by atoms with Gasteiger partial charge in [-0.15, -0.1) is 0 Å². The van der Waals surface area contributed by atoms with Gasteiger partial charge in [0.25, 0.3) is 5.91 Å². The van der Waals surface area contributed by atoms with Crippen LogP contribution in [0.5, 0.6) is 0 Å². The zero-order valence-electron chi connectivity index (χ0n) is 18.7. The van der Waals surface area contributed by atoms with Crippen LogP contribution in [0, 0.1) is 0 Å². The molecule has 3 aliphatic rings. The predicted molar refractivity (Wildman–Crippen MR) is 125 cm³/mol. The number of anilines is 1. The van der Waals surface area contributed by atoms with Crippen LogP contribution in [-0.2, 0) is 22.7 Å². The highest BCUT2D eigenvalue weighted by Gasteiger charge is 2.39. The van der Waals surface area contributed by atoms with Crippen LogP contribution in [0.15, 0.2) is 48.5 Å². The second-order valence-corrected chi connectivity index (χ2v) is 9.28. The lowest BCUT2D eigenvalue weighted by atomic mass is 9.89. The van der Waals surface area contributed by atoms with Crippen LogP contribution in [0.4, 0.5) is 5.69 Å². The van der Waals surface area contributed by atoms with Gasteiger partial charge in [0, 0.05) is 42.8 Å². The summed E-state index contributed by atoms with van der Waals surface area (Å²) in [5, 5.41) is 9.79. The lowest BCUT2D eigenvalue weighted by molar-refractivity contribution is -0.136.